The van der Waals surface area contributed by atoms with Gasteiger partial charge in [0.05, 0.1) is 19.3 Å². The van der Waals surface area contributed by atoms with Gasteiger partial charge in [0.2, 0.25) is 0 Å². The molecule has 0 N–H and O–H groups in total. The Morgan fingerprint density at radius 1 is 1.03 bits per heavy atom. The monoisotopic (exact) mass is 459 g/mol. The van der Waals surface area contributed by atoms with E-state index in [1.54, 1.807) is 19.1 Å². The van der Waals surface area contributed by atoms with Crippen LogP contribution < -0.4 is 13.9 Å². The molecule has 1 aliphatic heterocycles. The summed E-state index contributed by atoms with van der Waals surface area (Å²) in [6, 6.07) is 8.47. The lowest BCUT2D eigenvalue weighted by atomic mass is 10.1. The van der Waals surface area contributed by atoms with Gasteiger partial charge in [0.15, 0.2) is 5.82 Å². The molecule has 1 aromatic heterocycles. The average Bonchev–Trinajstić information content (AvgIpc) is 2.75. The minimum Gasteiger partial charge on any atom is -0.497 e. The average molecular weight is 459 g/mol. The number of benzene rings is 2. The molecule has 0 bridgehead atoms. The lowest BCUT2D eigenvalue weighted by Crippen LogP contribution is -2.51. The minimum atomic E-state index is -4.30. The third-order valence-corrected chi connectivity index (χ3v) is 7.04. The Bertz CT molecular complexity index is 1320. The molecule has 1 aliphatic rings. The maximum Gasteiger partial charge on any atom is 0.344 e. The van der Waals surface area contributed by atoms with Crippen molar-refractivity contribution in [1.29, 1.82) is 0 Å². The Morgan fingerprint density at radius 3 is 2.34 bits per heavy atom. The Balaban J connectivity index is 1.88. The van der Waals surface area contributed by atoms with Crippen molar-refractivity contribution in [3.05, 3.63) is 77.0 Å². The highest BCUT2D eigenvalue weighted by Gasteiger charge is 2.44. The van der Waals surface area contributed by atoms with E-state index in [-0.39, 0.29) is 22.2 Å². The fraction of sp³-hybridized carbons (Fsp3) is 0.182. The molecule has 10 heteroatoms. The van der Waals surface area contributed by atoms with Crippen LogP contribution in [0.25, 0.3) is 0 Å². The molecule has 0 aliphatic carbocycles. The normalized spacial score (nSPS) is 15.0. The van der Waals surface area contributed by atoms with Crippen LogP contribution in [0.2, 0.25) is 0 Å². The van der Waals surface area contributed by atoms with E-state index in [1.807, 2.05) is 6.92 Å². The maximum atomic E-state index is 14.6. The zero-order chi connectivity index (χ0) is 23.2. The molecule has 0 saturated carbocycles. The van der Waals surface area contributed by atoms with Crippen LogP contribution in [-0.2, 0) is 16.6 Å². The summed E-state index contributed by atoms with van der Waals surface area (Å²) in [6.07, 6.45) is 1.31. The number of amides is 2. The SMILES string of the molecule is COc1cc(F)c(CN2C(=O)N(c3ccc(C)c(C)c3)S(=O)(=O)c3cccnc32)c(F)c1. The van der Waals surface area contributed by atoms with Gasteiger partial charge in [-0.1, -0.05) is 6.07 Å². The van der Waals surface area contributed by atoms with Crippen LogP contribution in [0, 0.1) is 25.5 Å². The van der Waals surface area contributed by atoms with Gasteiger partial charge in [0.25, 0.3) is 10.0 Å². The zero-order valence-corrected chi connectivity index (χ0v) is 18.3. The highest BCUT2D eigenvalue weighted by molar-refractivity contribution is 7.94. The standard InChI is InChI=1S/C22H19F2N3O4S/c1-13-6-7-15(9-14(13)2)27-22(28)26(21-20(32(27,29)30)5-4-8-25-21)12-17-18(23)10-16(31-3)11-19(17)24/h4-11H,12H2,1-3H3. The molecular formula is C22H19F2N3O4S. The zero-order valence-electron chi connectivity index (χ0n) is 17.5. The van der Waals surface area contributed by atoms with Gasteiger partial charge in [-0.3, -0.25) is 4.90 Å². The maximum absolute atomic E-state index is 14.6. The number of fused-ring (bicyclic) bond motifs is 1. The second-order valence-electron chi connectivity index (χ2n) is 7.30. The molecule has 0 saturated heterocycles. The van der Waals surface area contributed by atoms with E-state index in [4.69, 9.17) is 4.74 Å². The van der Waals surface area contributed by atoms with Gasteiger partial charge in [0.1, 0.15) is 22.3 Å². The molecule has 2 heterocycles. The number of ether oxygens (including phenoxy) is 1. The number of carbonyl (C=O) groups excluding carboxylic acids is 1. The summed E-state index contributed by atoms with van der Waals surface area (Å²) >= 11 is 0. The van der Waals surface area contributed by atoms with E-state index in [1.165, 1.54) is 31.5 Å². The van der Waals surface area contributed by atoms with Crippen LogP contribution in [0.3, 0.4) is 0 Å². The van der Waals surface area contributed by atoms with Crippen molar-refractivity contribution in [1.82, 2.24) is 4.98 Å². The number of nitrogens with zero attached hydrogens (tertiary/aromatic N) is 3. The number of urea groups is 1. The fourth-order valence-corrected chi connectivity index (χ4v) is 4.97. The predicted octanol–water partition coefficient (Wildman–Crippen LogP) is 4.32. The van der Waals surface area contributed by atoms with E-state index >= 15 is 0 Å². The van der Waals surface area contributed by atoms with Gasteiger partial charge in [-0.15, -0.1) is 0 Å². The van der Waals surface area contributed by atoms with Crippen LogP contribution in [-0.4, -0.2) is 26.5 Å². The van der Waals surface area contributed by atoms with Crippen molar-refractivity contribution in [2.24, 2.45) is 0 Å². The first-order chi connectivity index (χ1) is 15.1. The van der Waals surface area contributed by atoms with Crippen LogP contribution in [0.15, 0.2) is 53.6 Å². The van der Waals surface area contributed by atoms with Crippen LogP contribution in [0.4, 0.5) is 25.1 Å². The summed E-state index contributed by atoms with van der Waals surface area (Å²) in [7, 11) is -3.03. The molecule has 0 fully saturated rings. The number of sulfonamides is 1. The van der Waals surface area contributed by atoms with Gasteiger partial charge in [-0.2, -0.15) is 4.31 Å². The number of aryl methyl sites for hydroxylation is 2. The number of halogens is 2. The number of rotatable bonds is 4. The summed E-state index contributed by atoms with van der Waals surface area (Å²) in [5.74, 6) is -2.09. The number of hydrogen-bond acceptors (Lipinski definition) is 5. The summed E-state index contributed by atoms with van der Waals surface area (Å²) in [5, 5.41) is 0. The third-order valence-electron chi connectivity index (χ3n) is 5.32. The summed E-state index contributed by atoms with van der Waals surface area (Å²) in [4.78, 5) is 18.1. The number of carbonyl (C=O) groups is 1. The van der Waals surface area contributed by atoms with Crippen LogP contribution in [0.1, 0.15) is 16.7 Å². The highest BCUT2D eigenvalue weighted by atomic mass is 32.2. The van der Waals surface area contributed by atoms with Crippen molar-refractivity contribution in [3.63, 3.8) is 0 Å². The van der Waals surface area contributed by atoms with E-state index in [9.17, 15) is 22.0 Å². The first kappa shape index (κ1) is 21.7. The van der Waals surface area contributed by atoms with E-state index in [2.05, 4.69) is 4.98 Å². The highest BCUT2D eigenvalue weighted by Crippen LogP contribution is 2.37. The molecule has 0 atom stereocenters. The molecule has 3 aromatic rings. The summed E-state index contributed by atoms with van der Waals surface area (Å²) in [5.41, 5.74) is 1.39. The minimum absolute atomic E-state index is 0.0217. The first-order valence-corrected chi connectivity index (χ1v) is 11.0. The van der Waals surface area contributed by atoms with Crippen LogP contribution >= 0.6 is 0 Å². The van der Waals surface area contributed by atoms with E-state index in [0.29, 0.717) is 4.31 Å². The van der Waals surface area contributed by atoms with Crippen molar-refractivity contribution in [3.8, 4) is 5.75 Å². The molecule has 0 radical (unpaired) electrons. The van der Waals surface area contributed by atoms with Crippen LogP contribution in [0.5, 0.6) is 5.75 Å². The van der Waals surface area contributed by atoms with Gasteiger partial charge < -0.3 is 4.74 Å². The Morgan fingerprint density at radius 2 is 1.72 bits per heavy atom. The quantitative estimate of drug-likeness (QED) is 0.581. The lowest BCUT2D eigenvalue weighted by Gasteiger charge is -2.35. The first-order valence-electron chi connectivity index (χ1n) is 9.56. The fourth-order valence-electron chi connectivity index (χ4n) is 3.44. The number of anilines is 2. The molecule has 2 aromatic carbocycles. The topological polar surface area (TPSA) is 79.8 Å². The van der Waals surface area contributed by atoms with Crippen molar-refractivity contribution < 1.29 is 26.7 Å². The molecule has 0 spiro atoms. The molecule has 7 nitrogen and oxygen atoms in total. The lowest BCUT2D eigenvalue weighted by molar-refractivity contribution is 0.253. The van der Waals surface area contributed by atoms with E-state index in [0.717, 1.165) is 28.2 Å². The van der Waals surface area contributed by atoms with Crippen molar-refractivity contribution >= 4 is 27.6 Å². The number of hydrogen-bond donors (Lipinski definition) is 0. The predicted molar refractivity (Wildman–Crippen MR) is 114 cm³/mol. The molecular weight excluding hydrogens is 440 g/mol. The number of pyridine rings is 1. The second kappa shape index (κ2) is 7.86. The molecule has 0 unspecified atom stereocenters. The van der Waals surface area contributed by atoms with Gasteiger partial charge >= 0.3 is 6.03 Å². The second-order valence-corrected chi connectivity index (χ2v) is 9.06. The Hall–Kier alpha value is -3.53. The summed E-state index contributed by atoms with van der Waals surface area (Å²) in [6.45, 7) is 3.07. The van der Waals surface area contributed by atoms with Crippen molar-refractivity contribution in [2.75, 3.05) is 16.3 Å². The van der Waals surface area contributed by atoms with Crippen molar-refractivity contribution in [2.45, 2.75) is 25.3 Å². The van der Waals surface area contributed by atoms with Gasteiger partial charge in [-0.25, -0.2) is 27.0 Å². The molecule has 4 rings (SSSR count). The Kier molecular flexibility index (Phi) is 5.33. The third kappa shape index (κ3) is 3.46. The van der Waals surface area contributed by atoms with Gasteiger partial charge in [-0.05, 0) is 49.2 Å². The molecule has 2 amide bonds. The number of aromatic nitrogens is 1. The van der Waals surface area contributed by atoms with E-state index < -0.39 is 39.8 Å². The number of methoxy groups -OCH3 is 1. The molecule has 166 valence electrons. The smallest absolute Gasteiger partial charge is 0.344 e. The van der Waals surface area contributed by atoms with Gasteiger partial charge in [0, 0.05) is 23.9 Å². The Labute approximate surface area is 183 Å². The largest absolute Gasteiger partial charge is 0.497 e. The summed E-state index contributed by atoms with van der Waals surface area (Å²) < 4.78 is 61.3. The molecule has 32 heavy (non-hydrogen) atoms.